The maximum absolute atomic E-state index is 13.0. The van der Waals surface area contributed by atoms with Gasteiger partial charge in [-0.25, -0.2) is 18.1 Å². The van der Waals surface area contributed by atoms with Crippen molar-refractivity contribution in [3.63, 3.8) is 0 Å². The third kappa shape index (κ3) is 3.96. The Balaban J connectivity index is 2.20. The minimum absolute atomic E-state index is 0.0290. The molecule has 0 bridgehead atoms. The van der Waals surface area contributed by atoms with Crippen molar-refractivity contribution in [3.8, 4) is 6.07 Å². The summed E-state index contributed by atoms with van der Waals surface area (Å²) in [5.41, 5.74) is 0.411. The SMILES string of the molecule is CCS(=O)(=O)c1cc(Cl)c(C#N)cc1Nn1cnc2ccc(C(F)(F)F)cc2c1=O. The zero-order valence-corrected chi connectivity index (χ0v) is 16.7. The van der Waals surface area contributed by atoms with Crippen molar-refractivity contribution in [1.82, 2.24) is 9.66 Å². The molecule has 0 radical (unpaired) electrons. The Hall–Kier alpha value is -3.10. The highest BCUT2D eigenvalue weighted by atomic mass is 35.5. The van der Waals surface area contributed by atoms with Gasteiger partial charge in [0.05, 0.1) is 43.4 Å². The Morgan fingerprint density at radius 1 is 1.27 bits per heavy atom. The van der Waals surface area contributed by atoms with Crippen LogP contribution in [0.1, 0.15) is 18.1 Å². The molecule has 0 aliphatic heterocycles. The molecule has 3 aromatic rings. The molecule has 1 N–H and O–H groups in total. The summed E-state index contributed by atoms with van der Waals surface area (Å²) < 4.78 is 64.5. The third-order valence-electron chi connectivity index (χ3n) is 4.23. The number of fused-ring (bicyclic) bond motifs is 1. The Kier molecular flexibility index (Phi) is 5.49. The van der Waals surface area contributed by atoms with Crippen LogP contribution in [-0.2, 0) is 16.0 Å². The van der Waals surface area contributed by atoms with E-state index in [2.05, 4.69) is 10.4 Å². The molecule has 1 aromatic heterocycles. The van der Waals surface area contributed by atoms with Crippen LogP contribution in [0.15, 0.2) is 46.3 Å². The summed E-state index contributed by atoms with van der Waals surface area (Å²) in [6.07, 6.45) is -3.66. The lowest BCUT2D eigenvalue weighted by Crippen LogP contribution is -2.27. The molecule has 1 heterocycles. The number of rotatable bonds is 4. The van der Waals surface area contributed by atoms with Crippen molar-refractivity contribution in [2.45, 2.75) is 18.0 Å². The Bertz CT molecular complexity index is 1360. The molecule has 2 aromatic carbocycles. The van der Waals surface area contributed by atoms with E-state index in [9.17, 15) is 26.4 Å². The average molecular weight is 457 g/mol. The summed E-state index contributed by atoms with van der Waals surface area (Å²) >= 11 is 5.93. The smallest absolute Gasteiger partial charge is 0.289 e. The topological polar surface area (TPSA) is 105 Å². The zero-order chi connectivity index (χ0) is 22.3. The highest BCUT2D eigenvalue weighted by molar-refractivity contribution is 7.91. The quantitative estimate of drug-likeness (QED) is 0.643. The number of halogens is 4. The second-order valence-electron chi connectivity index (χ2n) is 6.10. The van der Waals surface area contributed by atoms with Gasteiger partial charge in [0.1, 0.15) is 12.4 Å². The fourth-order valence-electron chi connectivity index (χ4n) is 2.65. The van der Waals surface area contributed by atoms with E-state index in [0.717, 1.165) is 35.3 Å². The first kappa shape index (κ1) is 21.6. The maximum Gasteiger partial charge on any atom is 0.416 e. The van der Waals surface area contributed by atoms with Crippen LogP contribution in [0.25, 0.3) is 10.9 Å². The minimum Gasteiger partial charge on any atom is -0.289 e. The molecule has 0 saturated heterocycles. The number of sulfone groups is 1. The van der Waals surface area contributed by atoms with Crippen molar-refractivity contribution in [2.75, 3.05) is 11.2 Å². The van der Waals surface area contributed by atoms with E-state index in [-0.39, 0.29) is 37.8 Å². The van der Waals surface area contributed by atoms with Crippen molar-refractivity contribution in [1.29, 1.82) is 5.26 Å². The van der Waals surface area contributed by atoms with Gasteiger partial charge < -0.3 is 0 Å². The van der Waals surface area contributed by atoms with Gasteiger partial charge >= 0.3 is 6.18 Å². The van der Waals surface area contributed by atoms with Crippen LogP contribution < -0.4 is 11.0 Å². The molecule has 156 valence electrons. The van der Waals surface area contributed by atoms with Crippen molar-refractivity contribution < 1.29 is 21.6 Å². The summed E-state index contributed by atoms with van der Waals surface area (Å²) in [6.45, 7) is 1.40. The van der Waals surface area contributed by atoms with E-state index in [1.165, 1.54) is 6.92 Å². The predicted octanol–water partition coefficient (Wildman–Crippen LogP) is 3.61. The van der Waals surface area contributed by atoms with E-state index < -0.39 is 27.1 Å². The number of hydrogen-bond donors (Lipinski definition) is 1. The molecule has 0 saturated carbocycles. The van der Waals surface area contributed by atoms with Gasteiger partial charge in [-0.3, -0.25) is 10.2 Å². The Morgan fingerprint density at radius 2 is 1.97 bits per heavy atom. The summed E-state index contributed by atoms with van der Waals surface area (Å²) in [5.74, 6) is -0.288. The Labute approximate surface area is 173 Å². The molecule has 0 aliphatic carbocycles. The first-order chi connectivity index (χ1) is 14.0. The number of benzene rings is 2. The van der Waals surface area contributed by atoms with Gasteiger partial charge in [0, 0.05) is 0 Å². The number of nitrogens with one attached hydrogen (secondary N) is 1. The van der Waals surface area contributed by atoms with Gasteiger partial charge in [-0.15, -0.1) is 0 Å². The maximum atomic E-state index is 13.0. The van der Waals surface area contributed by atoms with Gasteiger partial charge in [-0.1, -0.05) is 18.5 Å². The lowest BCUT2D eigenvalue weighted by atomic mass is 10.1. The van der Waals surface area contributed by atoms with E-state index in [4.69, 9.17) is 16.9 Å². The molecule has 0 unspecified atom stereocenters. The van der Waals surface area contributed by atoms with E-state index in [1.54, 1.807) is 6.07 Å². The van der Waals surface area contributed by atoms with Crippen LogP contribution in [0.2, 0.25) is 5.02 Å². The van der Waals surface area contributed by atoms with Crippen LogP contribution in [0, 0.1) is 11.3 Å². The summed E-state index contributed by atoms with van der Waals surface area (Å²) in [6, 6.07) is 6.52. The molecule has 12 heteroatoms. The molecule has 0 amide bonds. The second-order valence-corrected chi connectivity index (χ2v) is 8.76. The number of hydrogen-bond acceptors (Lipinski definition) is 6. The molecule has 0 spiro atoms. The molecule has 0 aliphatic rings. The first-order valence-corrected chi connectivity index (χ1v) is 10.3. The monoisotopic (exact) mass is 456 g/mol. The molecule has 0 atom stereocenters. The lowest BCUT2D eigenvalue weighted by Gasteiger charge is -2.15. The van der Waals surface area contributed by atoms with Crippen LogP contribution in [0.3, 0.4) is 0 Å². The molecule has 3 rings (SSSR count). The normalized spacial score (nSPS) is 12.0. The highest BCUT2D eigenvalue weighted by Gasteiger charge is 2.31. The number of anilines is 1. The summed E-state index contributed by atoms with van der Waals surface area (Å²) in [7, 11) is -3.82. The summed E-state index contributed by atoms with van der Waals surface area (Å²) in [5, 5.41) is 8.74. The second kappa shape index (κ2) is 7.62. The first-order valence-electron chi connectivity index (χ1n) is 8.30. The molecular formula is C18H12ClF3N4O3S. The fraction of sp³-hybridized carbons (Fsp3) is 0.167. The van der Waals surface area contributed by atoms with Gasteiger partial charge in [0.25, 0.3) is 5.56 Å². The van der Waals surface area contributed by atoms with Crippen molar-refractivity contribution in [2.24, 2.45) is 0 Å². The van der Waals surface area contributed by atoms with Crippen LogP contribution >= 0.6 is 11.6 Å². The van der Waals surface area contributed by atoms with E-state index >= 15 is 0 Å². The number of alkyl halides is 3. The predicted molar refractivity (Wildman–Crippen MR) is 104 cm³/mol. The lowest BCUT2D eigenvalue weighted by molar-refractivity contribution is -0.137. The van der Waals surface area contributed by atoms with Gasteiger partial charge in [-0.05, 0) is 30.3 Å². The average Bonchev–Trinajstić information content (AvgIpc) is 2.70. The van der Waals surface area contributed by atoms with Crippen LogP contribution in [-0.4, -0.2) is 23.8 Å². The molecule has 7 nitrogen and oxygen atoms in total. The number of nitriles is 1. The highest BCUT2D eigenvalue weighted by Crippen LogP contribution is 2.31. The summed E-state index contributed by atoms with van der Waals surface area (Å²) in [4.78, 5) is 16.4. The zero-order valence-electron chi connectivity index (χ0n) is 15.2. The van der Waals surface area contributed by atoms with Crippen LogP contribution in [0.5, 0.6) is 0 Å². The molecular weight excluding hydrogens is 445 g/mol. The fourth-order valence-corrected chi connectivity index (χ4v) is 3.97. The van der Waals surface area contributed by atoms with E-state index in [0.29, 0.717) is 6.07 Å². The van der Waals surface area contributed by atoms with E-state index in [1.807, 2.05) is 0 Å². The molecule has 30 heavy (non-hydrogen) atoms. The minimum atomic E-state index is -4.66. The van der Waals surface area contributed by atoms with Gasteiger partial charge in [0.15, 0.2) is 9.84 Å². The molecule has 0 fully saturated rings. The van der Waals surface area contributed by atoms with Crippen molar-refractivity contribution >= 4 is 38.0 Å². The van der Waals surface area contributed by atoms with Gasteiger partial charge in [0.2, 0.25) is 0 Å². The van der Waals surface area contributed by atoms with Crippen molar-refractivity contribution in [3.05, 3.63) is 63.2 Å². The van der Waals surface area contributed by atoms with Crippen LogP contribution in [0.4, 0.5) is 18.9 Å². The van der Waals surface area contributed by atoms with Gasteiger partial charge in [-0.2, -0.15) is 18.4 Å². The largest absolute Gasteiger partial charge is 0.416 e. The standard InChI is InChI=1S/C18H12ClF3N4O3S/c1-2-30(28,29)16-7-13(19)10(8-23)5-15(16)25-26-9-24-14-4-3-11(18(20,21)22)6-12(14)17(26)27/h3-7,9,25H,2H2,1H3. The third-order valence-corrected chi connectivity index (χ3v) is 6.31. The Morgan fingerprint density at radius 3 is 2.57 bits per heavy atom. The number of nitrogens with zero attached hydrogens (tertiary/aromatic N) is 3. The number of aromatic nitrogens is 2.